The van der Waals surface area contributed by atoms with Gasteiger partial charge < -0.3 is 37.1 Å². The molecule has 0 saturated heterocycles. The van der Waals surface area contributed by atoms with Gasteiger partial charge in [0.15, 0.2) is 0 Å². The van der Waals surface area contributed by atoms with Crippen molar-refractivity contribution in [2.24, 2.45) is 5.73 Å². The van der Waals surface area contributed by atoms with Gasteiger partial charge in [0.2, 0.25) is 0 Å². The van der Waals surface area contributed by atoms with Crippen LogP contribution in [0.5, 0.6) is 5.75 Å². The van der Waals surface area contributed by atoms with Crippen LogP contribution in [0.4, 0.5) is 16.2 Å². The van der Waals surface area contributed by atoms with E-state index in [1.165, 1.54) is 49.6 Å². The first kappa shape index (κ1) is 26.2. The van der Waals surface area contributed by atoms with Crippen LogP contribution in [-0.4, -0.2) is 60.8 Å². The van der Waals surface area contributed by atoms with E-state index in [0.717, 1.165) is 0 Å². The number of nitrogen functional groups attached to an aromatic ring is 1. The summed E-state index contributed by atoms with van der Waals surface area (Å²) in [6.45, 7) is -0.267. The number of nitrogens with one attached hydrogen (secondary N) is 2. The van der Waals surface area contributed by atoms with Gasteiger partial charge in [-0.2, -0.15) is 8.42 Å². The number of methoxy groups -OCH3 is 1. The third-order valence-electron chi connectivity index (χ3n) is 3.60. The lowest BCUT2D eigenvalue weighted by molar-refractivity contribution is -0.138. The Bertz CT molecular complexity index is 1090. The number of urea groups is 1. The van der Waals surface area contributed by atoms with E-state index in [1.54, 1.807) is 0 Å². The van der Waals surface area contributed by atoms with E-state index in [0.29, 0.717) is 5.69 Å². The maximum absolute atomic E-state index is 11.6. The number of aliphatic carboxylic acids is 1. The van der Waals surface area contributed by atoms with Gasteiger partial charge in [0, 0.05) is 24.0 Å². The van der Waals surface area contributed by atoms with Gasteiger partial charge in [0.25, 0.3) is 10.1 Å². The van der Waals surface area contributed by atoms with Crippen molar-refractivity contribution in [2.75, 3.05) is 24.7 Å². The number of ether oxygens (including phenoxy) is 1. The molecule has 0 aliphatic rings. The average Bonchev–Trinajstić information content (AvgIpc) is 2.71. The molecule has 0 aromatic heterocycles. The number of carboxylic acids is 2. The fourth-order valence-corrected chi connectivity index (χ4v) is 2.59. The minimum atomic E-state index is -4.11. The largest absolute Gasteiger partial charge is 0.497 e. The van der Waals surface area contributed by atoms with Crippen molar-refractivity contribution in [1.29, 1.82) is 0 Å². The van der Waals surface area contributed by atoms with Crippen molar-refractivity contribution in [1.82, 2.24) is 5.32 Å². The standard InChI is InChI=1S/C12H15N3O6.C6H7NO3S/c1-21-8-3-6(10(16)17)2-7(4-8)15-12(20)14-5-9(13)11(18)19;7-5-2-1-3-6(4-5)11(8,9)10/h2-4,9H,5,13H2,1H3,(H,16,17)(H,18,19)(H2,14,15,20);1-4H,7H2,(H,8,9,10)/t9-;/m0./s1. The number of hydrogen-bond acceptors (Lipinski definition) is 8. The fourth-order valence-electron chi connectivity index (χ4n) is 2.05. The van der Waals surface area contributed by atoms with Crippen LogP contribution < -0.4 is 26.8 Å². The molecule has 0 aliphatic heterocycles. The highest BCUT2D eigenvalue weighted by molar-refractivity contribution is 7.85. The Morgan fingerprint density at radius 2 is 1.78 bits per heavy atom. The van der Waals surface area contributed by atoms with Crippen LogP contribution in [0, 0.1) is 0 Å². The minimum absolute atomic E-state index is 0.0631. The number of carboxylic acid groups (broad SMARTS) is 2. The molecule has 0 fully saturated rings. The van der Waals surface area contributed by atoms with Crippen LogP contribution in [-0.2, 0) is 14.9 Å². The van der Waals surface area contributed by atoms with E-state index in [9.17, 15) is 22.8 Å². The number of benzene rings is 2. The van der Waals surface area contributed by atoms with Crippen LogP contribution in [0.25, 0.3) is 0 Å². The number of hydrogen-bond donors (Lipinski definition) is 7. The van der Waals surface area contributed by atoms with Crippen molar-refractivity contribution in [3.63, 3.8) is 0 Å². The molecule has 2 amide bonds. The molecule has 0 unspecified atom stereocenters. The van der Waals surface area contributed by atoms with Gasteiger partial charge in [-0.05, 0) is 30.3 Å². The van der Waals surface area contributed by atoms with Crippen LogP contribution in [0.3, 0.4) is 0 Å². The van der Waals surface area contributed by atoms with Gasteiger partial charge in [0.1, 0.15) is 11.8 Å². The zero-order valence-electron chi connectivity index (χ0n) is 16.7. The molecule has 32 heavy (non-hydrogen) atoms. The van der Waals surface area contributed by atoms with Gasteiger partial charge in [-0.1, -0.05) is 6.07 Å². The van der Waals surface area contributed by atoms with Gasteiger partial charge in [0.05, 0.1) is 17.6 Å². The van der Waals surface area contributed by atoms with Crippen molar-refractivity contribution in [2.45, 2.75) is 10.9 Å². The smallest absolute Gasteiger partial charge is 0.335 e. The third kappa shape index (κ3) is 8.86. The average molecular weight is 470 g/mol. The molecule has 0 spiro atoms. The Morgan fingerprint density at radius 1 is 1.12 bits per heavy atom. The number of anilines is 2. The molecular weight excluding hydrogens is 448 g/mol. The minimum Gasteiger partial charge on any atom is -0.497 e. The third-order valence-corrected chi connectivity index (χ3v) is 4.45. The fraction of sp³-hybridized carbons (Fsp3) is 0.167. The van der Waals surface area contributed by atoms with Crippen molar-refractivity contribution >= 4 is 39.5 Å². The molecule has 14 heteroatoms. The maximum Gasteiger partial charge on any atom is 0.335 e. The first-order valence-electron chi connectivity index (χ1n) is 8.62. The summed E-state index contributed by atoms with van der Waals surface area (Å²) >= 11 is 0. The van der Waals surface area contributed by atoms with Gasteiger partial charge in [-0.3, -0.25) is 9.35 Å². The Hall–Kier alpha value is -3.88. The first-order chi connectivity index (χ1) is 14.8. The lowest BCUT2D eigenvalue weighted by Crippen LogP contribution is -2.43. The zero-order chi connectivity index (χ0) is 24.5. The summed E-state index contributed by atoms with van der Waals surface area (Å²) in [5, 5.41) is 22.1. The van der Waals surface area contributed by atoms with Crippen molar-refractivity contribution < 1.29 is 42.3 Å². The first-order valence-corrected chi connectivity index (χ1v) is 10.1. The highest BCUT2D eigenvalue weighted by Gasteiger charge is 2.14. The summed E-state index contributed by atoms with van der Waals surface area (Å²) in [5.74, 6) is -2.16. The second kappa shape index (κ2) is 11.5. The highest BCUT2D eigenvalue weighted by Crippen LogP contribution is 2.20. The van der Waals surface area contributed by atoms with Gasteiger partial charge >= 0.3 is 18.0 Å². The van der Waals surface area contributed by atoms with E-state index < -0.39 is 34.1 Å². The van der Waals surface area contributed by atoms with E-state index in [4.69, 9.17) is 31.0 Å². The quantitative estimate of drug-likeness (QED) is 0.217. The van der Waals surface area contributed by atoms with E-state index in [2.05, 4.69) is 10.6 Å². The molecule has 2 rings (SSSR count). The molecule has 9 N–H and O–H groups in total. The van der Waals surface area contributed by atoms with E-state index >= 15 is 0 Å². The normalized spacial score (nSPS) is 11.3. The SMILES string of the molecule is COc1cc(NC(=O)NC[C@H](N)C(=O)O)cc(C(=O)O)c1.Nc1cccc(S(=O)(=O)O)c1. The second-order valence-electron chi connectivity index (χ2n) is 6.08. The molecule has 1 atom stereocenters. The van der Waals surface area contributed by atoms with Crippen LogP contribution >= 0.6 is 0 Å². The molecule has 0 aliphatic carbocycles. The van der Waals surface area contributed by atoms with E-state index in [-0.39, 0.29) is 28.4 Å². The van der Waals surface area contributed by atoms with Gasteiger partial charge in [-0.15, -0.1) is 0 Å². The predicted molar refractivity (Wildman–Crippen MR) is 113 cm³/mol. The maximum atomic E-state index is 11.6. The molecule has 2 aromatic rings. The number of rotatable bonds is 7. The molecule has 0 radical (unpaired) electrons. The van der Waals surface area contributed by atoms with Crippen molar-refractivity contribution in [3.8, 4) is 5.75 Å². The predicted octanol–water partition coefficient (Wildman–Crippen LogP) is 0.442. The molecule has 0 saturated carbocycles. The van der Waals surface area contributed by atoms with Crippen LogP contribution in [0.15, 0.2) is 47.4 Å². The van der Waals surface area contributed by atoms with E-state index in [1.807, 2.05) is 0 Å². The van der Waals surface area contributed by atoms with Crippen molar-refractivity contribution in [3.05, 3.63) is 48.0 Å². The summed E-state index contributed by atoms with van der Waals surface area (Å²) in [5.41, 5.74) is 10.9. The summed E-state index contributed by atoms with van der Waals surface area (Å²) in [6.07, 6.45) is 0. The van der Waals surface area contributed by atoms with Crippen LogP contribution in [0.2, 0.25) is 0 Å². The lowest BCUT2D eigenvalue weighted by Gasteiger charge is -2.11. The summed E-state index contributed by atoms with van der Waals surface area (Å²) < 4.78 is 34.4. The molecule has 13 nitrogen and oxygen atoms in total. The topological polar surface area (TPSA) is 231 Å². The monoisotopic (exact) mass is 470 g/mol. The molecule has 0 heterocycles. The molecule has 174 valence electrons. The summed E-state index contributed by atoms with van der Waals surface area (Å²) in [4.78, 5) is 32.8. The Morgan fingerprint density at radius 3 is 2.25 bits per heavy atom. The number of aromatic carboxylic acids is 1. The Labute approximate surface area is 182 Å². The Kier molecular flexibility index (Phi) is 9.40. The van der Waals surface area contributed by atoms with Crippen LogP contribution in [0.1, 0.15) is 10.4 Å². The molecule has 2 aromatic carbocycles. The summed E-state index contributed by atoms with van der Waals surface area (Å²) in [7, 11) is -2.75. The lowest BCUT2D eigenvalue weighted by atomic mass is 10.2. The number of carbonyl (C=O) groups is 3. The number of carbonyl (C=O) groups excluding carboxylic acids is 1. The molecule has 0 bridgehead atoms. The second-order valence-corrected chi connectivity index (χ2v) is 7.50. The van der Waals surface area contributed by atoms with Gasteiger partial charge in [-0.25, -0.2) is 9.59 Å². The summed E-state index contributed by atoms with van der Waals surface area (Å²) in [6, 6.07) is 7.47. The highest BCUT2D eigenvalue weighted by atomic mass is 32.2. The Balaban J connectivity index is 0.000000389. The number of amides is 2. The number of nitrogens with two attached hydrogens (primary N) is 2. The molecular formula is C18H22N4O9S. The zero-order valence-corrected chi connectivity index (χ0v) is 17.5.